The van der Waals surface area contributed by atoms with Gasteiger partial charge in [-0.05, 0) is 43.3 Å². The Morgan fingerprint density at radius 3 is 1.88 bits per heavy atom. The number of nitrogens with zero attached hydrogens (tertiary/aromatic N) is 6. The maximum atomic E-state index is 13.9. The number of rotatable bonds is 6. The van der Waals surface area contributed by atoms with Crippen LogP contribution < -0.4 is 5.69 Å². The quantitative estimate of drug-likeness (QED) is 0.202. The first kappa shape index (κ1) is 26.0. The van der Waals surface area contributed by atoms with Crippen LogP contribution in [0.25, 0.3) is 56.7 Å². The van der Waals surface area contributed by atoms with Crippen LogP contribution in [0.2, 0.25) is 0 Å². The number of aromatic nitrogens is 6. The third-order valence-electron chi connectivity index (χ3n) is 7.36. The van der Waals surface area contributed by atoms with E-state index in [1.807, 2.05) is 134 Å². The molecule has 0 aliphatic heterocycles. The lowest BCUT2D eigenvalue weighted by Gasteiger charge is -2.12. The summed E-state index contributed by atoms with van der Waals surface area (Å²) in [7, 11) is 0. The maximum Gasteiger partial charge on any atom is 0.339 e. The number of hydrogen-bond donors (Lipinski definition) is 0. The number of aryl methyl sites for hydroxylation is 1. The van der Waals surface area contributed by atoms with Crippen molar-refractivity contribution >= 4 is 28.2 Å². The van der Waals surface area contributed by atoms with Gasteiger partial charge in [-0.25, -0.2) is 29.1 Å². The van der Waals surface area contributed by atoms with Gasteiger partial charge in [-0.2, -0.15) is 0 Å². The Kier molecular flexibility index (Phi) is 6.52. The Morgan fingerprint density at radius 1 is 0.698 bits per heavy atom. The molecule has 7 nitrogen and oxygen atoms in total. The smallest absolute Gasteiger partial charge is 0.262 e. The predicted octanol–water partition coefficient (Wildman–Crippen LogP) is 7.19. The van der Waals surface area contributed by atoms with E-state index in [0.717, 1.165) is 33.4 Å². The minimum Gasteiger partial charge on any atom is -0.262 e. The van der Waals surface area contributed by atoms with E-state index in [9.17, 15) is 4.79 Å². The van der Waals surface area contributed by atoms with Gasteiger partial charge in [0.15, 0.2) is 23.1 Å². The van der Waals surface area contributed by atoms with E-state index in [1.54, 1.807) is 8.97 Å². The summed E-state index contributed by atoms with van der Waals surface area (Å²) >= 11 is 0. The molecule has 0 saturated carbocycles. The van der Waals surface area contributed by atoms with Gasteiger partial charge >= 0.3 is 5.69 Å². The molecule has 0 fully saturated rings. The van der Waals surface area contributed by atoms with E-state index in [2.05, 4.69) is 6.58 Å². The number of fused-ring (bicyclic) bond motifs is 3. The fraction of sp³-hybridized carbons (Fsp3) is 0.0278. The minimum absolute atomic E-state index is 0.180. The normalized spacial score (nSPS) is 11.5. The minimum atomic E-state index is -0.180. The summed E-state index contributed by atoms with van der Waals surface area (Å²) in [6.07, 6.45) is 3.70. The van der Waals surface area contributed by atoms with E-state index >= 15 is 0 Å². The molecule has 0 radical (unpaired) electrons. The fourth-order valence-electron chi connectivity index (χ4n) is 5.18. The van der Waals surface area contributed by atoms with Crippen LogP contribution in [0.4, 0.5) is 0 Å². The standard InChI is InChI=1S/C36H26N6O/c1-24(32-38-33(26-14-6-3-7-15-26)40-34(39-32)27-16-8-4-9-17-27)22-23-30-25(2)41-35(37-30)29-20-12-13-21-31(29)42(36(41)43)28-18-10-5-11-19-28/h3-23H,1H2,2H3/b23-22-. The lowest BCUT2D eigenvalue weighted by Crippen LogP contribution is -2.26. The lowest BCUT2D eigenvalue weighted by atomic mass is 10.1. The topological polar surface area (TPSA) is 78.0 Å². The van der Waals surface area contributed by atoms with Crippen molar-refractivity contribution in [2.75, 3.05) is 0 Å². The first-order valence-electron chi connectivity index (χ1n) is 13.9. The number of benzene rings is 4. The highest BCUT2D eigenvalue weighted by Crippen LogP contribution is 2.25. The van der Waals surface area contributed by atoms with Gasteiger partial charge in [-0.1, -0.05) is 97.6 Å². The molecule has 0 aliphatic carbocycles. The Bertz CT molecular complexity index is 2160. The molecule has 0 aliphatic rings. The van der Waals surface area contributed by atoms with Crippen molar-refractivity contribution in [2.24, 2.45) is 0 Å². The molecule has 3 aromatic heterocycles. The SMILES string of the molecule is C=C(/C=C\c1nc2c3ccccc3n(-c3ccccc3)c(=O)n2c1C)c1nc(-c2ccccc2)nc(-c2ccccc2)n1. The van der Waals surface area contributed by atoms with Gasteiger partial charge in [-0.15, -0.1) is 0 Å². The molecular weight excluding hydrogens is 532 g/mol. The molecule has 0 atom stereocenters. The highest BCUT2D eigenvalue weighted by atomic mass is 16.1. The average Bonchev–Trinajstić information content (AvgIpc) is 3.41. The third-order valence-corrected chi connectivity index (χ3v) is 7.36. The first-order valence-corrected chi connectivity index (χ1v) is 13.9. The molecular formula is C36H26N6O. The summed E-state index contributed by atoms with van der Waals surface area (Å²) in [6, 6.07) is 37.1. The summed E-state index contributed by atoms with van der Waals surface area (Å²) < 4.78 is 3.40. The van der Waals surface area contributed by atoms with Gasteiger partial charge < -0.3 is 0 Å². The average molecular weight is 559 g/mol. The number of allylic oxidation sites excluding steroid dienone is 2. The molecule has 3 heterocycles. The summed E-state index contributed by atoms with van der Waals surface area (Å²) in [6.45, 7) is 6.18. The van der Waals surface area contributed by atoms with Crippen LogP contribution in [0.15, 0.2) is 133 Å². The number of imidazole rings is 1. The molecule has 0 unspecified atom stereocenters. The van der Waals surface area contributed by atoms with E-state index in [0.29, 0.717) is 34.4 Å². The highest BCUT2D eigenvalue weighted by molar-refractivity contribution is 5.93. The molecule has 43 heavy (non-hydrogen) atoms. The van der Waals surface area contributed by atoms with Crippen LogP contribution in [0.5, 0.6) is 0 Å². The summed E-state index contributed by atoms with van der Waals surface area (Å²) in [5, 5.41) is 0.880. The number of hydrogen-bond acceptors (Lipinski definition) is 5. The zero-order valence-electron chi connectivity index (χ0n) is 23.4. The van der Waals surface area contributed by atoms with Gasteiger partial charge in [0.2, 0.25) is 0 Å². The number of para-hydroxylation sites is 2. The summed E-state index contributed by atoms with van der Waals surface area (Å²) in [5.74, 6) is 1.59. The maximum absolute atomic E-state index is 13.9. The monoisotopic (exact) mass is 558 g/mol. The van der Waals surface area contributed by atoms with Gasteiger partial charge in [0.05, 0.1) is 22.6 Å². The Balaban J connectivity index is 1.33. The van der Waals surface area contributed by atoms with Crippen LogP contribution in [0.1, 0.15) is 17.2 Å². The van der Waals surface area contributed by atoms with Gasteiger partial charge in [0.1, 0.15) is 0 Å². The molecule has 7 aromatic rings. The third kappa shape index (κ3) is 4.73. The van der Waals surface area contributed by atoms with E-state index < -0.39 is 0 Å². The van der Waals surface area contributed by atoms with Crippen LogP contribution in [0.3, 0.4) is 0 Å². The predicted molar refractivity (Wildman–Crippen MR) is 172 cm³/mol. The summed E-state index contributed by atoms with van der Waals surface area (Å²) in [5.41, 5.74) is 5.77. The second kappa shape index (κ2) is 10.8. The van der Waals surface area contributed by atoms with Crippen molar-refractivity contribution in [3.05, 3.63) is 156 Å². The van der Waals surface area contributed by atoms with Gasteiger partial charge in [-0.3, -0.25) is 4.57 Å². The molecule has 0 bridgehead atoms. The summed E-state index contributed by atoms with van der Waals surface area (Å²) in [4.78, 5) is 33.1. The lowest BCUT2D eigenvalue weighted by molar-refractivity contribution is 0.896. The molecule has 0 N–H and O–H groups in total. The second-order valence-corrected chi connectivity index (χ2v) is 10.1. The molecule has 0 spiro atoms. The molecule has 7 rings (SSSR count). The Labute approximate surface area is 247 Å². The highest BCUT2D eigenvalue weighted by Gasteiger charge is 2.17. The Hall–Kier alpha value is -5.95. The van der Waals surface area contributed by atoms with Crippen molar-refractivity contribution < 1.29 is 0 Å². The zero-order chi connectivity index (χ0) is 29.3. The van der Waals surface area contributed by atoms with Crippen molar-refractivity contribution in [3.8, 4) is 28.5 Å². The van der Waals surface area contributed by atoms with Crippen LogP contribution in [-0.4, -0.2) is 28.9 Å². The van der Waals surface area contributed by atoms with Crippen LogP contribution in [-0.2, 0) is 0 Å². The zero-order valence-corrected chi connectivity index (χ0v) is 23.4. The van der Waals surface area contributed by atoms with Crippen LogP contribution in [0, 0.1) is 6.92 Å². The van der Waals surface area contributed by atoms with Crippen molar-refractivity contribution in [3.63, 3.8) is 0 Å². The van der Waals surface area contributed by atoms with Gasteiger partial charge in [0.25, 0.3) is 0 Å². The molecule has 206 valence electrons. The Morgan fingerprint density at radius 2 is 1.26 bits per heavy atom. The molecule has 7 heteroatoms. The molecule has 0 amide bonds. The van der Waals surface area contributed by atoms with E-state index in [4.69, 9.17) is 19.9 Å². The van der Waals surface area contributed by atoms with Crippen molar-refractivity contribution in [1.29, 1.82) is 0 Å². The largest absolute Gasteiger partial charge is 0.339 e. The molecule has 4 aromatic carbocycles. The van der Waals surface area contributed by atoms with E-state index in [1.165, 1.54) is 0 Å². The second-order valence-electron chi connectivity index (χ2n) is 10.1. The van der Waals surface area contributed by atoms with E-state index in [-0.39, 0.29) is 5.69 Å². The first-order chi connectivity index (χ1) is 21.1. The van der Waals surface area contributed by atoms with Crippen molar-refractivity contribution in [1.82, 2.24) is 28.9 Å². The van der Waals surface area contributed by atoms with Gasteiger partial charge in [0, 0.05) is 22.1 Å². The molecule has 0 saturated heterocycles. The van der Waals surface area contributed by atoms with Crippen molar-refractivity contribution in [2.45, 2.75) is 6.92 Å². The fourth-order valence-corrected chi connectivity index (χ4v) is 5.18. The van der Waals surface area contributed by atoms with Crippen LogP contribution >= 0.6 is 0 Å².